The molecule has 1 aliphatic heterocycles. The van der Waals surface area contributed by atoms with E-state index >= 15 is 0 Å². The summed E-state index contributed by atoms with van der Waals surface area (Å²) in [5.41, 5.74) is 1.17. The molecule has 0 spiro atoms. The van der Waals surface area contributed by atoms with E-state index in [1.54, 1.807) is 6.20 Å². The molecule has 2 rings (SSSR count). The van der Waals surface area contributed by atoms with Crippen LogP contribution in [0.25, 0.3) is 0 Å². The zero-order chi connectivity index (χ0) is 13.9. The summed E-state index contributed by atoms with van der Waals surface area (Å²) in [6.07, 6.45) is 2.48. The van der Waals surface area contributed by atoms with Crippen LogP contribution in [0.2, 0.25) is 0 Å². The highest BCUT2D eigenvalue weighted by atomic mass is 16.5. The van der Waals surface area contributed by atoms with Gasteiger partial charge in [0.25, 0.3) is 0 Å². The topological polar surface area (TPSA) is 42.4 Å². The fourth-order valence-electron chi connectivity index (χ4n) is 2.50. The minimum absolute atomic E-state index is 0.157. The second kappa shape index (κ2) is 5.80. The number of hydrogen-bond acceptors (Lipinski definition) is 4. The van der Waals surface area contributed by atoms with E-state index in [4.69, 9.17) is 4.74 Å². The number of carbonyl (C=O) groups excluding carboxylic acids is 1. The summed E-state index contributed by atoms with van der Waals surface area (Å²) in [7, 11) is 0. The van der Waals surface area contributed by atoms with Crippen molar-refractivity contribution in [3.63, 3.8) is 0 Å². The molecule has 104 valence electrons. The third kappa shape index (κ3) is 2.85. The first-order valence-electron chi connectivity index (χ1n) is 6.88. The average molecular weight is 262 g/mol. The zero-order valence-corrected chi connectivity index (χ0v) is 12.0. The fraction of sp³-hybridized carbons (Fsp3) is 0.600. The van der Waals surface area contributed by atoms with Gasteiger partial charge in [-0.2, -0.15) is 0 Å². The second-order valence-corrected chi connectivity index (χ2v) is 5.24. The molecule has 1 aliphatic rings. The number of aryl methyl sites for hydroxylation is 1. The summed E-state index contributed by atoms with van der Waals surface area (Å²) < 4.78 is 5.38. The van der Waals surface area contributed by atoms with Gasteiger partial charge >= 0.3 is 0 Å². The van der Waals surface area contributed by atoms with Crippen molar-refractivity contribution in [2.24, 2.45) is 0 Å². The Balaban J connectivity index is 2.24. The summed E-state index contributed by atoms with van der Waals surface area (Å²) in [6.45, 7) is 9.06. The van der Waals surface area contributed by atoms with Crippen LogP contribution in [0.1, 0.15) is 36.3 Å². The fourth-order valence-corrected chi connectivity index (χ4v) is 2.50. The van der Waals surface area contributed by atoms with E-state index in [-0.39, 0.29) is 5.78 Å². The average Bonchev–Trinajstić information content (AvgIpc) is 2.47. The van der Waals surface area contributed by atoms with Gasteiger partial charge in [0.15, 0.2) is 5.78 Å². The van der Waals surface area contributed by atoms with E-state index in [0.717, 1.165) is 25.2 Å². The van der Waals surface area contributed by atoms with E-state index < -0.39 is 5.54 Å². The molecule has 0 radical (unpaired) electrons. The van der Waals surface area contributed by atoms with Crippen LogP contribution in [-0.4, -0.2) is 47.5 Å². The molecule has 1 atom stereocenters. The van der Waals surface area contributed by atoms with Crippen LogP contribution >= 0.6 is 0 Å². The highest BCUT2D eigenvalue weighted by Crippen LogP contribution is 2.25. The molecule has 1 aromatic heterocycles. The number of ether oxygens (including phenoxy) is 1. The number of hydrogen-bond donors (Lipinski definition) is 0. The highest BCUT2D eigenvalue weighted by Gasteiger charge is 2.38. The monoisotopic (exact) mass is 262 g/mol. The van der Waals surface area contributed by atoms with Crippen LogP contribution in [0.15, 0.2) is 18.3 Å². The molecule has 19 heavy (non-hydrogen) atoms. The van der Waals surface area contributed by atoms with Gasteiger partial charge in [-0.3, -0.25) is 14.7 Å². The Morgan fingerprint density at radius 2 is 2.11 bits per heavy atom. The first-order chi connectivity index (χ1) is 9.08. The van der Waals surface area contributed by atoms with Gasteiger partial charge in [0.05, 0.1) is 18.8 Å². The van der Waals surface area contributed by atoms with E-state index in [0.29, 0.717) is 18.8 Å². The lowest BCUT2D eigenvalue weighted by atomic mass is 9.87. The van der Waals surface area contributed by atoms with Crippen molar-refractivity contribution in [1.82, 2.24) is 9.88 Å². The molecule has 0 saturated carbocycles. The van der Waals surface area contributed by atoms with Crippen molar-refractivity contribution >= 4 is 5.78 Å². The Morgan fingerprint density at radius 1 is 1.42 bits per heavy atom. The Kier molecular flexibility index (Phi) is 4.32. The molecule has 2 heterocycles. The number of pyridine rings is 1. The summed E-state index contributed by atoms with van der Waals surface area (Å²) >= 11 is 0. The smallest absolute Gasteiger partial charge is 0.184 e. The SMILES string of the molecule is CCC(C)(C(=O)c1ccc(C)nc1)N1CCOCC1. The Labute approximate surface area is 114 Å². The zero-order valence-electron chi connectivity index (χ0n) is 12.0. The molecule has 0 bridgehead atoms. The van der Waals surface area contributed by atoms with Crippen LogP contribution < -0.4 is 0 Å². The van der Waals surface area contributed by atoms with Gasteiger partial charge in [-0.1, -0.05) is 6.92 Å². The number of Topliss-reactive ketones (excluding diaryl/α,β-unsaturated/α-hetero) is 1. The van der Waals surface area contributed by atoms with Crippen molar-refractivity contribution in [2.45, 2.75) is 32.7 Å². The number of nitrogens with zero attached hydrogens (tertiary/aromatic N) is 2. The number of morpholine rings is 1. The van der Waals surface area contributed by atoms with Gasteiger partial charge in [-0.05, 0) is 32.4 Å². The predicted molar refractivity (Wildman–Crippen MR) is 74.4 cm³/mol. The van der Waals surface area contributed by atoms with E-state index in [1.807, 2.05) is 26.0 Å². The molecule has 0 N–H and O–H groups in total. The minimum Gasteiger partial charge on any atom is -0.379 e. The van der Waals surface area contributed by atoms with Crippen LogP contribution in [0.3, 0.4) is 0 Å². The van der Waals surface area contributed by atoms with Crippen molar-refractivity contribution < 1.29 is 9.53 Å². The Bertz CT molecular complexity index is 438. The van der Waals surface area contributed by atoms with Gasteiger partial charge in [0.2, 0.25) is 0 Å². The summed E-state index contributed by atoms with van der Waals surface area (Å²) in [6, 6.07) is 3.77. The highest BCUT2D eigenvalue weighted by molar-refractivity contribution is 6.02. The molecule has 4 nitrogen and oxygen atoms in total. The van der Waals surface area contributed by atoms with Gasteiger partial charge in [-0.15, -0.1) is 0 Å². The summed E-state index contributed by atoms with van der Waals surface area (Å²) in [4.78, 5) is 19.2. The lowest BCUT2D eigenvalue weighted by molar-refractivity contribution is -0.0106. The summed E-state index contributed by atoms with van der Waals surface area (Å²) in [5.74, 6) is 0.157. The third-order valence-corrected chi connectivity index (χ3v) is 4.06. The van der Waals surface area contributed by atoms with Gasteiger partial charge in [0.1, 0.15) is 0 Å². The number of aromatic nitrogens is 1. The molecule has 4 heteroatoms. The van der Waals surface area contributed by atoms with Crippen molar-refractivity contribution in [2.75, 3.05) is 26.3 Å². The minimum atomic E-state index is -0.458. The number of carbonyl (C=O) groups is 1. The van der Waals surface area contributed by atoms with E-state index in [2.05, 4.69) is 16.8 Å². The standard InChI is InChI=1S/C15H22N2O2/c1-4-15(3,17-7-9-19-10-8-17)14(18)13-6-5-12(2)16-11-13/h5-6,11H,4,7-10H2,1-3H3. The maximum absolute atomic E-state index is 12.8. The van der Waals surface area contributed by atoms with Gasteiger partial charge < -0.3 is 4.74 Å². The predicted octanol–water partition coefficient (Wildman–Crippen LogP) is 2.07. The summed E-state index contributed by atoms with van der Waals surface area (Å²) in [5, 5.41) is 0. The maximum Gasteiger partial charge on any atom is 0.184 e. The normalized spacial score (nSPS) is 19.9. The molecule has 1 aromatic rings. The third-order valence-electron chi connectivity index (χ3n) is 4.06. The van der Waals surface area contributed by atoms with Crippen molar-refractivity contribution in [3.05, 3.63) is 29.6 Å². The first-order valence-corrected chi connectivity index (χ1v) is 6.88. The lowest BCUT2D eigenvalue weighted by Gasteiger charge is -2.41. The molecule has 0 aliphatic carbocycles. The van der Waals surface area contributed by atoms with Crippen molar-refractivity contribution in [1.29, 1.82) is 0 Å². The second-order valence-electron chi connectivity index (χ2n) is 5.24. The van der Waals surface area contributed by atoms with Gasteiger partial charge in [-0.25, -0.2) is 0 Å². The molecular formula is C15H22N2O2. The van der Waals surface area contributed by atoms with E-state index in [9.17, 15) is 4.79 Å². The largest absolute Gasteiger partial charge is 0.379 e. The van der Waals surface area contributed by atoms with E-state index in [1.165, 1.54) is 0 Å². The maximum atomic E-state index is 12.8. The molecule has 1 unspecified atom stereocenters. The molecular weight excluding hydrogens is 240 g/mol. The Morgan fingerprint density at radius 3 is 2.63 bits per heavy atom. The number of rotatable bonds is 4. The molecule has 0 aromatic carbocycles. The van der Waals surface area contributed by atoms with Crippen LogP contribution in [0.4, 0.5) is 0 Å². The molecule has 1 saturated heterocycles. The van der Waals surface area contributed by atoms with Crippen LogP contribution in [0, 0.1) is 6.92 Å². The lowest BCUT2D eigenvalue weighted by Crippen LogP contribution is -2.56. The van der Waals surface area contributed by atoms with Crippen molar-refractivity contribution in [3.8, 4) is 0 Å². The molecule has 0 amide bonds. The van der Waals surface area contributed by atoms with Gasteiger partial charge in [0, 0.05) is 30.5 Å². The Hall–Kier alpha value is -1.26. The molecule has 1 fully saturated rings. The van der Waals surface area contributed by atoms with Crippen LogP contribution in [-0.2, 0) is 4.74 Å². The first kappa shape index (κ1) is 14.2. The number of ketones is 1. The quantitative estimate of drug-likeness (QED) is 0.779. The van der Waals surface area contributed by atoms with Crippen LogP contribution in [0.5, 0.6) is 0 Å².